The Morgan fingerprint density at radius 1 is 1.59 bits per heavy atom. The van der Waals surface area contributed by atoms with Gasteiger partial charge in [0.15, 0.2) is 5.82 Å². The molecule has 1 N–H and O–H groups in total. The quantitative estimate of drug-likeness (QED) is 0.841. The largest absolute Gasteiger partial charge is 0.480 e. The van der Waals surface area contributed by atoms with Crippen molar-refractivity contribution in [2.75, 3.05) is 0 Å². The first kappa shape index (κ1) is 12.4. The summed E-state index contributed by atoms with van der Waals surface area (Å²) in [5, 5.41) is 12.5. The van der Waals surface area contributed by atoms with Crippen LogP contribution in [0.2, 0.25) is 0 Å². The highest BCUT2D eigenvalue weighted by molar-refractivity contribution is 7.99. The minimum absolute atomic E-state index is 0.0864. The standard InChI is InChI=1S/C11H16N2O3S/c1-6(2)9(11(14)15)17-5-8-12-10(13-16-8)7-3-4-7/h6-7,9H,3-5H2,1-2H3,(H,14,15). The first-order chi connectivity index (χ1) is 8.08. The predicted molar refractivity (Wildman–Crippen MR) is 63.8 cm³/mol. The summed E-state index contributed by atoms with van der Waals surface area (Å²) in [5.41, 5.74) is 0. The van der Waals surface area contributed by atoms with Gasteiger partial charge in [0.05, 0.1) is 5.75 Å². The van der Waals surface area contributed by atoms with Gasteiger partial charge in [-0.15, -0.1) is 11.8 Å². The smallest absolute Gasteiger partial charge is 0.316 e. The molecule has 0 aromatic carbocycles. The van der Waals surface area contributed by atoms with Crippen LogP contribution in [-0.4, -0.2) is 26.5 Å². The molecule has 0 aliphatic heterocycles. The van der Waals surface area contributed by atoms with Gasteiger partial charge in [-0.25, -0.2) is 0 Å². The van der Waals surface area contributed by atoms with E-state index in [0.29, 0.717) is 17.6 Å². The number of carboxylic acids is 1. The van der Waals surface area contributed by atoms with E-state index in [1.54, 1.807) is 0 Å². The molecule has 1 aromatic rings. The number of carboxylic acid groups (broad SMARTS) is 1. The average molecular weight is 256 g/mol. The van der Waals surface area contributed by atoms with E-state index in [-0.39, 0.29) is 5.92 Å². The molecule has 1 fully saturated rings. The summed E-state index contributed by atoms with van der Waals surface area (Å²) in [5.74, 6) is 1.54. The molecule has 1 unspecified atom stereocenters. The molecule has 0 amide bonds. The highest BCUT2D eigenvalue weighted by Gasteiger charge is 2.29. The number of thioether (sulfide) groups is 1. The summed E-state index contributed by atoms with van der Waals surface area (Å²) >= 11 is 1.34. The van der Waals surface area contributed by atoms with Crippen LogP contribution >= 0.6 is 11.8 Å². The second kappa shape index (κ2) is 5.08. The van der Waals surface area contributed by atoms with Crippen LogP contribution in [-0.2, 0) is 10.5 Å². The molecule has 1 heterocycles. The Hall–Kier alpha value is -1.04. The molecular formula is C11H16N2O3S. The van der Waals surface area contributed by atoms with Crippen LogP contribution in [0.3, 0.4) is 0 Å². The second-order valence-electron chi connectivity index (χ2n) is 4.63. The lowest BCUT2D eigenvalue weighted by molar-refractivity contribution is -0.137. The fraction of sp³-hybridized carbons (Fsp3) is 0.727. The van der Waals surface area contributed by atoms with Gasteiger partial charge < -0.3 is 9.63 Å². The molecule has 1 atom stereocenters. The lowest BCUT2D eigenvalue weighted by atomic mass is 10.1. The van der Waals surface area contributed by atoms with Gasteiger partial charge in [-0.2, -0.15) is 4.98 Å². The maximum atomic E-state index is 11.0. The molecule has 5 nitrogen and oxygen atoms in total. The Kier molecular flexibility index (Phi) is 3.71. The van der Waals surface area contributed by atoms with E-state index in [1.165, 1.54) is 11.8 Å². The van der Waals surface area contributed by atoms with Gasteiger partial charge in [-0.3, -0.25) is 4.79 Å². The SMILES string of the molecule is CC(C)C(SCc1nc(C2CC2)no1)C(=O)O. The van der Waals surface area contributed by atoms with Crippen molar-refractivity contribution >= 4 is 17.7 Å². The Morgan fingerprint density at radius 3 is 2.82 bits per heavy atom. The molecule has 6 heteroatoms. The maximum absolute atomic E-state index is 11.0. The second-order valence-corrected chi connectivity index (χ2v) is 5.76. The third-order valence-corrected chi connectivity index (χ3v) is 4.18. The highest BCUT2D eigenvalue weighted by Crippen LogP contribution is 2.38. The first-order valence-corrected chi connectivity index (χ1v) is 6.79. The van der Waals surface area contributed by atoms with E-state index >= 15 is 0 Å². The van der Waals surface area contributed by atoms with Crippen LogP contribution in [0.4, 0.5) is 0 Å². The molecular weight excluding hydrogens is 240 g/mol. The monoisotopic (exact) mass is 256 g/mol. The van der Waals surface area contributed by atoms with E-state index in [9.17, 15) is 4.79 Å². The summed E-state index contributed by atoms with van der Waals surface area (Å²) in [4.78, 5) is 15.3. The van der Waals surface area contributed by atoms with Crippen LogP contribution in [0.1, 0.15) is 44.3 Å². The molecule has 1 saturated carbocycles. The lowest BCUT2D eigenvalue weighted by Gasteiger charge is -2.13. The third kappa shape index (κ3) is 3.21. The topological polar surface area (TPSA) is 76.2 Å². The Labute approximate surface area is 104 Å². The molecule has 17 heavy (non-hydrogen) atoms. The first-order valence-electron chi connectivity index (χ1n) is 5.75. The summed E-state index contributed by atoms with van der Waals surface area (Å²) in [7, 11) is 0. The van der Waals surface area contributed by atoms with Gasteiger partial charge in [0.2, 0.25) is 5.89 Å². The van der Waals surface area contributed by atoms with Crippen molar-refractivity contribution in [3.63, 3.8) is 0 Å². The molecule has 0 spiro atoms. The Morgan fingerprint density at radius 2 is 2.29 bits per heavy atom. The molecule has 0 saturated heterocycles. The zero-order valence-electron chi connectivity index (χ0n) is 9.92. The summed E-state index contributed by atoms with van der Waals surface area (Å²) in [6.45, 7) is 3.80. The molecule has 94 valence electrons. The minimum Gasteiger partial charge on any atom is -0.480 e. The summed E-state index contributed by atoms with van der Waals surface area (Å²) in [6, 6.07) is 0. The van der Waals surface area contributed by atoms with Crippen molar-refractivity contribution in [1.29, 1.82) is 0 Å². The zero-order chi connectivity index (χ0) is 12.4. The van der Waals surface area contributed by atoms with Gasteiger partial charge in [-0.1, -0.05) is 19.0 Å². The maximum Gasteiger partial charge on any atom is 0.316 e. The van der Waals surface area contributed by atoms with Crippen molar-refractivity contribution in [2.45, 2.75) is 43.6 Å². The van der Waals surface area contributed by atoms with Gasteiger partial charge >= 0.3 is 5.97 Å². The van der Waals surface area contributed by atoms with Gasteiger partial charge in [0.1, 0.15) is 5.25 Å². The van der Waals surface area contributed by atoms with Crippen molar-refractivity contribution in [2.24, 2.45) is 5.92 Å². The predicted octanol–water partition coefficient (Wildman–Crippen LogP) is 2.29. The third-order valence-electron chi connectivity index (χ3n) is 2.66. The number of hydrogen-bond donors (Lipinski definition) is 1. The van der Waals surface area contributed by atoms with E-state index in [4.69, 9.17) is 9.63 Å². The van der Waals surface area contributed by atoms with Crippen molar-refractivity contribution in [3.8, 4) is 0 Å². The number of hydrogen-bond acceptors (Lipinski definition) is 5. The Balaban J connectivity index is 1.89. The van der Waals surface area contributed by atoms with Gasteiger partial charge in [0.25, 0.3) is 0 Å². The van der Waals surface area contributed by atoms with E-state index in [2.05, 4.69) is 10.1 Å². The highest BCUT2D eigenvalue weighted by atomic mass is 32.2. The Bertz CT molecular complexity index is 401. The van der Waals surface area contributed by atoms with Crippen molar-refractivity contribution in [3.05, 3.63) is 11.7 Å². The lowest BCUT2D eigenvalue weighted by Crippen LogP contribution is -2.22. The summed E-state index contributed by atoms with van der Waals surface area (Å²) < 4.78 is 5.10. The van der Waals surface area contributed by atoms with Crippen molar-refractivity contribution < 1.29 is 14.4 Å². The molecule has 1 aromatic heterocycles. The number of aromatic nitrogens is 2. The van der Waals surface area contributed by atoms with Gasteiger partial charge in [-0.05, 0) is 18.8 Å². The molecule has 0 bridgehead atoms. The zero-order valence-corrected chi connectivity index (χ0v) is 10.7. The van der Waals surface area contributed by atoms with Gasteiger partial charge in [0, 0.05) is 5.92 Å². The number of aliphatic carboxylic acids is 1. The van der Waals surface area contributed by atoms with Crippen LogP contribution in [0.25, 0.3) is 0 Å². The van der Waals surface area contributed by atoms with Crippen LogP contribution in [0.5, 0.6) is 0 Å². The number of nitrogens with zero attached hydrogens (tertiary/aromatic N) is 2. The van der Waals surface area contributed by atoms with Crippen LogP contribution < -0.4 is 0 Å². The van der Waals surface area contributed by atoms with Crippen LogP contribution in [0, 0.1) is 5.92 Å². The fourth-order valence-corrected chi connectivity index (χ4v) is 2.51. The van der Waals surface area contributed by atoms with Crippen molar-refractivity contribution in [1.82, 2.24) is 10.1 Å². The normalized spacial score (nSPS) is 17.4. The number of carbonyl (C=O) groups is 1. The van der Waals surface area contributed by atoms with E-state index < -0.39 is 11.2 Å². The fourth-order valence-electron chi connectivity index (χ4n) is 1.54. The number of rotatable bonds is 6. The molecule has 0 radical (unpaired) electrons. The van der Waals surface area contributed by atoms with E-state index in [1.807, 2.05) is 13.8 Å². The van der Waals surface area contributed by atoms with Crippen LogP contribution in [0.15, 0.2) is 4.52 Å². The average Bonchev–Trinajstić information content (AvgIpc) is 2.99. The molecule has 2 rings (SSSR count). The molecule has 1 aliphatic carbocycles. The molecule has 1 aliphatic rings. The minimum atomic E-state index is -0.785. The summed E-state index contributed by atoms with van der Waals surface area (Å²) in [6.07, 6.45) is 2.27. The van der Waals surface area contributed by atoms with E-state index in [0.717, 1.165) is 18.7 Å².